The van der Waals surface area contributed by atoms with Crippen LogP contribution in [-0.4, -0.2) is 30.9 Å². The Bertz CT molecular complexity index is 960. The summed E-state index contributed by atoms with van der Waals surface area (Å²) in [6.07, 6.45) is 2.61. The fourth-order valence-corrected chi connectivity index (χ4v) is 5.58. The Morgan fingerprint density at radius 3 is 2.50 bits per heavy atom. The van der Waals surface area contributed by atoms with E-state index in [-0.39, 0.29) is 17.7 Å². The molecule has 0 radical (unpaired) electrons. The molecule has 0 aliphatic carbocycles. The number of halogens is 4. The molecule has 10 heteroatoms. The molecule has 0 spiro atoms. The molecular weight excluding hydrogens is 438 g/mol. The predicted octanol–water partition coefficient (Wildman–Crippen LogP) is 5.01. The maximum Gasteiger partial charge on any atom is 0.282 e. The van der Waals surface area contributed by atoms with Crippen molar-refractivity contribution >= 4 is 21.6 Å². The highest BCUT2D eigenvalue weighted by atomic mass is 33.1. The molecule has 1 heterocycles. The Labute approximate surface area is 179 Å². The number of aliphatic hydroxyl groups is 1. The summed E-state index contributed by atoms with van der Waals surface area (Å²) in [7, 11) is 1.87. The van der Waals surface area contributed by atoms with Gasteiger partial charge in [0.2, 0.25) is 0 Å². The first-order chi connectivity index (χ1) is 14.2. The monoisotopic (exact) mass is 457 g/mol. The number of hydrogen-bond donors (Lipinski definition) is 1. The van der Waals surface area contributed by atoms with Crippen LogP contribution in [0.15, 0.2) is 61.2 Å². The second-order valence-electron chi connectivity index (χ2n) is 6.71. The van der Waals surface area contributed by atoms with Crippen LogP contribution in [0, 0.1) is 11.6 Å². The molecule has 2 atom stereocenters. The summed E-state index contributed by atoms with van der Waals surface area (Å²) in [5.74, 6) is -5.30. The molecule has 0 fully saturated rings. The van der Waals surface area contributed by atoms with Crippen molar-refractivity contribution in [1.29, 1.82) is 0 Å². The lowest BCUT2D eigenvalue weighted by Crippen LogP contribution is -2.41. The lowest BCUT2D eigenvalue weighted by molar-refractivity contribution is 0.0135. The molecule has 0 saturated heterocycles. The van der Waals surface area contributed by atoms with Crippen LogP contribution in [0.25, 0.3) is 0 Å². The van der Waals surface area contributed by atoms with E-state index in [0.717, 1.165) is 33.7 Å². The molecule has 0 aliphatic rings. The van der Waals surface area contributed by atoms with Crippen LogP contribution < -0.4 is 0 Å². The first-order valence-electron chi connectivity index (χ1n) is 8.94. The fourth-order valence-electron chi connectivity index (χ4n) is 2.89. The Hall–Kier alpha value is -2.04. The third-order valence-corrected chi connectivity index (χ3v) is 7.51. The van der Waals surface area contributed by atoms with E-state index < -0.39 is 34.2 Å². The average Bonchev–Trinajstić information content (AvgIpc) is 3.21. The molecule has 3 aromatic rings. The van der Waals surface area contributed by atoms with Gasteiger partial charge in [-0.2, -0.15) is 5.10 Å². The van der Waals surface area contributed by atoms with Gasteiger partial charge in [-0.3, -0.25) is 0 Å². The number of hydrogen-bond acceptors (Lipinski definition) is 5. The van der Waals surface area contributed by atoms with Gasteiger partial charge >= 0.3 is 0 Å². The van der Waals surface area contributed by atoms with Gasteiger partial charge in [0.15, 0.2) is 0 Å². The van der Waals surface area contributed by atoms with Crippen molar-refractivity contribution in [1.82, 2.24) is 14.8 Å². The number of benzene rings is 2. The minimum atomic E-state index is -3.07. The minimum Gasteiger partial charge on any atom is -0.382 e. The van der Waals surface area contributed by atoms with Gasteiger partial charge in [0.05, 0.1) is 12.3 Å². The Kier molecular flexibility index (Phi) is 7.10. The van der Waals surface area contributed by atoms with Gasteiger partial charge in [0, 0.05) is 22.4 Å². The topological polar surface area (TPSA) is 50.9 Å². The van der Waals surface area contributed by atoms with Crippen LogP contribution in [0.3, 0.4) is 0 Å². The molecular formula is C20H19F4N3OS2. The lowest BCUT2D eigenvalue weighted by Gasteiger charge is -2.34. The van der Waals surface area contributed by atoms with Gasteiger partial charge in [0.25, 0.3) is 5.92 Å². The van der Waals surface area contributed by atoms with Crippen molar-refractivity contribution < 1.29 is 22.7 Å². The lowest BCUT2D eigenvalue weighted by atomic mass is 9.90. The maximum atomic E-state index is 14.5. The van der Waals surface area contributed by atoms with E-state index in [4.69, 9.17) is 0 Å². The van der Waals surface area contributed by atoms with Gasteiger partial charge in [-0.15, -0.1) is 0 Å². The van der Waals surface area contributed by atoms with Crippen LogP contribution in [-0.2, 0) is 18.1 Å². The molecule has 0 amide bonds. The molecule has 3 rings (SSSR count). The van der Waals surface area contributed by atoms with Crippen LogP contribution in [0.5, 0.6) is 0 Å². The van der Waals surface area contributed by atoms with Crippen molar-refractivity contribution in [3.05, 3.63) is 83.9 Å². The zero-order valence-corrected chi connectivity index (χ0v) is 17.5. The molecule has 1 aromatic heterocycles. The summed E-state index contributed by atoms with van der Waals surface area (Å²) in [5, 5.41) is 14.6. The predicted molar refractivity (Wildman–Crippen MR) is 110 cm³/mol. The Balaban J connectivity index is 1.77. The number of alkyl halides is 2. The first kappa shape index (κ1) is 22.6. The third kappa shape index (κ3) is 5.16. The number of rotatable bonds is 9. The van der Waals surface area contributed by atoms with Gasteiger partial charge in [-0.05, 0) is 13.0 Å². The average molecular weight is 458 g/mol. The largest absolute Gasteiger partial charge is 0.382 e. The van der Waals surface area contributed by atoms with Crippen molar-refractivity contribution in [2.75, 3.05) is 5.75 Å². The Morgan fingerprint density at radius 1 is 1.13 bits per heavy atom. The molecule has 1 N–H and O–H groups in total. The number of aromatic nitrogens is 3. The van der Waals surface area contributed by atoms with Gasteiger partial charge in [-0.1, -0.05) is 58.0 Å². The summed E-state index contributed by atoms with van der Waals surface area (Å²) in [6, 6.07) is 10.3. The van der Waals surface area contributed by atoms with Crippen molar-refractivity contribution in [3.8, 4) is 0 Å². The summed E-state index contributed by atoms with van der Waals surface area (Å²) in [4.78, 5) is 3.80. The summed E-state index contributed by atoms with van der Waals surface area (Å²) in [6.45, 7) is 1.41. The van der Waals surface area contributed by atoms with E-state index in [1.165, 1.54) is 41.6 Å². The number of nitrogens with zero attached hydrogens (tertiary/aromatic N) is 3. The summed E-state index contributed by atoms with van der Waals surface area (Å²) < 4.78 is 58.0. The zero-order chi connectivity index (χ0) is 21.8. The van der Waals surface area contributed by atoms with E-state index in [0.29, 0.717) is 6.07 Å². The third-order valence-electron chi connectivity index (χ3n) is 4.59. The van der Waals surface area contributed by atoms with Gasteiger partial charge < -0.3 is 5.11 Å². The highest BCUT2D eigenvalue weighted by Gasteiger charge is 2.40. The van der Waals surface area contributed by atoms with Gasteiger partial charge in [0.1, 0.15) is 29.9 Å². The molecule has 160 valence electrons. The van der Waals surface area contributed by atoms with E-state index in [1.54, 1.807) is 13.0 Å². The molecule has 0 bridgehead atoms. The molecule has 0 unspecified atom stereocenters. The van der Waals surface area contributed by atoms with Crippen LogP contribution in [0.4, 0.5) is 17.6 Å². The van der Waals surface area contributed by atoms with Crippen molar-refractivity contribution in [2.24, 2.45) is 0 Å². The molecule has 0 aliphatic heterocycles. The maximum absolute atomic E-state index is 14.5. The summed E-state index contributed by atoms with van der Waals surface area (Å²) >= 11 is 0. The standard InChI is InChI=1S/C20H19F4N3OS2/c1-14(30-29-11-20(23,24)15-5-3-2-4-6-15)19(28,10-27-13-25-12-26-27)17-8-7-16(21)9-18(17)22/h2-9,12-14,28H,10-11H2,1H3/t14-,19-/m1/s1. The van der Waals surface area contributed by atoms with Crippen LogP contribution >= 0.6 is 21.6 Å². The quantitative estimate of drug-likeness (QED) is 0.362. The van der Waals surface area contributed by atoms with E-state index in [9.17, 15) is 22.7 Å². The second kappa shape index (κ2) is 9.40. The zero-order valence-electron chi connectivity index (χ0n) is 15.9. The highest BCUT2D eigenvalue weighted by Crippen LogP contribution is 2.44. The highest BCUT2D eigenvalue weighted by molar-refractivity contribution is 8.77. The van der Waals surface area contributed by atoms with E-state index in [1.807, 2.05) is 0 Å². The second-order valence-corrected chi connectivity index (χ2v) is 9.42. The summed E-state index contributed by atoms with van der Waals surface area (Å²) in [5.41, 5.74) is -2.09. The molecule has 4 nitrogen and oxygen atoms in total. The molecule has 0 saturated carbocycles. The normalized spacial score (nSPS) is 15.0. The van der Waals surface area contributed by atoms with Gasteiger partial charge in [-0.25, -0.2) is 27.2 Å². The fraction of sp³-hybridized carbons (Fsp3) is 0.300. The van der Waals surface area contributed by atoms with Crippen LogP contribution in [0.2, 0.25) is 0 Å². The van der Waals surface area contributed by atoms with Crippen molar-refractivity contribution in [3.63, 3.8) is 0 Å². The molecule has 2 aromatic carbocycles. The van der Waals surface area contributed by atoms with Crippen molar-refractivity contribution in [2.45, 2.75) is 30.2 Å². The smallest absolute Gasteiger partial charge is 0.282 e. The molecule has 30 heavy (non-hydrogen) atoms. The van der Waals surface area contributed by atoms with Crippen LogP contribution in [0.1, 0.15) is 18.1 Å². The van der Waals surface area contributed by atoms with E-state index >= 15 is 0 Å². The Morgan fingerprint density at radius 2 is 1.87 bits per heavy atom. The van der Waals surface area contributed by atoms with E-state index in [2.05, 4.69) is 10.1 Å². The SMILES string of the molecule is C[C@@H](SSCC(F)(F)c1ccccc1)[C@](O)(Cn1cncn1)c1ccc(F)cc1F. The first-order valence-corrected chi connectivity index (χ1v) is 11.3. The minimum absolute atomic E-state index is 0.104.